The van der Waals surface area contributed by atoms with Crippen LogP contribution in [-0.2, 0) is 0 Å². The second-order valence-corrected chi connectivity index (χ2v) is 3.69. The van der Waals surface area contributed by atoms with E-state index in [1.165, 1.54) is 0 Å². The minimum atomic E-state index is 0.631. The summed E-state index contributed by atoms with van der Waals surface area (Å²) in [6, 6.07) is 10.6. The van der Waals surface area contributed by atoms with Crippen molar-refractivity contribution < 1.29 is 0 Å². The zero-order valence-electron chi connectivity index (χ0n) is 8.77. The molecule has 0 saturated heterocycles. The number of rotatable bonds is 1. The molecule has 0 amide bonds. The van der Waals surface area contributed by atoms with E-state index in [1.807, 2.05) is 0 Å². The molecule has 0 atom stereocenters. The monoisotopic (exact) mass is 214 g/mol. The molecule has 0 heterocycles. The molecular weight excluding hydrogens is 200 g/mol. The minimum absolute atomic E-state index is 0.631. The number of nitrogens with two attached hydrogens (primary N) is 4. The van der Waals surface area contributed by atoms with Gasteiger partial charge in [-0.05, 0) is 36.4 Å². The molecule has 2 aromatic rings. The van der Waals surface area contributed by atoms with Crippen molar-refractivity contribution in [2.75, 3.05) is 22.9 Å². The van der Waals surface area contributed by atoms with Crippen molar-refractivity contribution in [3.63, 3.8) is 0 Å². The predicted octanol–water partition coefficient (Wildman–Crippen LogP) is 1.68. The first-order valence-corrected chi connectivity index (χ1v) is 4.88. The van der Waals surface area contributed by atoms with E-state index in [-0.39, 0.29) is 0 Å². The highest BCUT2D eigenvalue weighted by Crippen LogP contribution is 2.33. The van der Waals surface area contributed by atoms with Crippen molar-refractivity contribution in [2.24, 2.45) is 0 Å². The molecule has 0 fully saturated rings. The van der Waals surface area contributed by atoms with Gasteiger partial charge in [0, 0.05) is 33.9 Å². The van der Waals surface area contributed by atoms with Crippen molar-refractivity contribution in [2.45, 2.75) is 0 Å². The molecule has 8 N–H and O–H groups in total. The average Bonchev–Trinajstić information content (AvgIpc) is 2.25. The summed E-state index contributed by atoms with van der Waals surface area (Å²) < 4.78 is 0. The van der Waals surface area contributed by atoms with Crippen LogP contribution >= 0.6 is 0 Å². The molecule has 0 unspecified atom stereocenters. The van der Waals surface area contributed by atoms with Crippen molar-refractivity contribution >= 4 is 22.7 Å². The number of anilines is 4. The highest BCUT2D eigenvalue weighted by Gasteiger charge is 2.07. The van der Waals surface area contributed by atoms with Gasteiger partial charge in [0.2, 0.25) is 0 Å². The lowest BCUT2D eigenvalue weighted by molar-refractivity contribution is 1.59. The Bertz CT molecular complexity index is 485. The molecule has 4 nitrogen and oxygen atoms in total. The largest absolute Gasteiger partial charge is 0.399 e. The Hall–Kier alpha value is -2.36. The van der Waals surface area contributed by atoms with Crippen LogP contribution in [0.3, 0.4) is 0 Å². The number of benzene rings is 2. The standard InChI is InChI=1S/C12H14N4/c13-7-1-3-11(15)9(5-7)10-6-8(14)2-4-12(10)16/h1-6H,13-16H2. The van der Waals surface area contributed by atoms with E-state index in [0.717, 1.165) is 11.1 Å². The molecule has 16 heavy (non-hydrogen) atoms. The van der Waals surface area contributed by atoms with Gasteiger partial charge in [0.25, 0.3) is 0 Å². The number of hydrogen-bond acceptors (Lipinski definition) is 4. The fraction of sp³-hybridized carbons (Fsp3) is 0. The maximum Gasteiger partial charge on any atom is 0.0396 e. The maximum atomic E-state index is 5.89. The molecule has 0 spiro atoms. The highest BCUT2D eigenvalue weighted by molar-refractivity contribution is 5.87. The Balaban J connectivity index is 2.66. The third kappa shape index (κ3) is 1.72. The lowest BCUT2D eigenvalue weighted by atomic mass is 10.0. The van der Waals surface area contributed by atoms with Crippen molar-refractivity contribution in [3.8, 4) is 11.1 Å². The van der Waals surface area contributed by atoms with Gasteiger partial charge in [-0.15, -0.1) is 0 Å². The van der Waals surface area contributed by atoms with E-state index in [9.17, 15) is 0 Å². The summed E-state index contributed by atoms with van der Waals surface area (Å²) in [6.07, 6.45) is 0. The van der Waals surface area contributed by atoms with Gasteiger partial charge in [-0.1, -0.05) is 0 Å². The Kier molecular flexibility index (Phi) is 2.32. The van der Waals surface area contributed by atoms with Crippen molar-refractivity contribution in [1.29, 1.82) is 0 Å². The van der Waals surface area contributed by atoms with Crippen LogP contribution in [0.25, 0.3) is 11.1 Å². The summed E-state index contributed by atoms with van der Waals surface area (Å²) in [5.41, 5.74) is 27.4. The first kappa shape index (κ1) is 10.2. The lowest BCUT2D eigenvalue weighted by Gasteiger charge is -2.10. The molecule has 0 radical (unpaired) electrons. The predicted molar refractivity (Wildman–Crippen MR) is 69.5 cm³/mol. The van der Waals surface area contributed by atoms with Gasteiger partial charge in [-0.3, -0.25) is 0 Å². The second kappa shape index (κ2) is 3.66. The first-order valence-electron chi connectivity index (χ1n) is 4.88. The third-order valence-electron chi connectivity index (χ3n) is 2.44. The summed E-state index contributed by atoms with van der Waals surface area (Å²) in [5.74, 6) is 0. The first-order chi connectivity index (χ1) is 7.58. The summed E-state index contributed by atoms with van der Waals surface area (Å²) in [4.78, 5) is 0. The summed E-state index contributed by atoms with van der Waals surface area (Å²) in [6.45, 7) is 0. The van der Waals surface area contributed by atoms with Crippen LogP contribution in [0.5, 0.6) is 0 Å². The van der Waals surface area contributed by atoms with E-state index < -0.39 is 0 Å². The van der Waals surface area contributed by atoms with E-state index in [0.29, 0.717) is 22.7 Å². The van der Waals surface area contributed by atoms with E-state index in [2.05, 4.69) is 0 Å². The fourth-order valence-corrected chi connectivity index (χ4v) is 1.61. The zero-order chi connectivity index (χ0) is 11.7. The van der Waals surface area contributed by atoms with Crippen molar-refractivity contribution in [1.82, 2.24) is 0 Å². The second-order valence-electron chi connectivity index (χ2n) is 3.69. The molecule has 0 aromatic heterocycles. The molecule has 0 aliphatic rings. The number of nitrogen functional groups attached to an aromatic ring is 4. The van der Waals surface area contributed by atoms with Crippen LogP contribution in [0.2, 0.25) is 0 Å². The van der Waals surface area contributed by atoms with Gasteiger partial charge in [-0.25, -0.2) is 0 Å². The molecule has 82 valence electrons. The molecular formula is C12H14N4. The molecule has 0 aliphatic carbocycles. The topological polar surface area (TPSA) is 104 Å². The van der Waals surface area contributed by atoms with Crippen LogP contribution in [-0.4, -0.2) is 0 Å². The Morgan fingerprint density at radius 1 is 0.562 bits per heavy atom. The number of hydrogen-bond donors (Lipinski definition) is 4. The van der Waals surface area contributed by atoms with Crippen LogP contribution in [0.1, 0.15) is 0 Å². The van der Waals surface area contributed by atoms with E-state index >= 15 is 0 Å². The Morgan fingerprint density at radius 3 is 1.31 bits per heavy atom. The van der Waals surface area contributed by atoms with Crippen LogP contribution in [0.4, 0.5) is 22.7 Å². The zero-order valence-corrected chi connectivity index (χ0v) is 8.77. The Morgan fingerprint density at radius 2 is 0.938 bits per heavy atom. The highest BCUT2D eigenvalue weighted by atomic mass is 14.6. The van der Waals surface area contributed by atoms with Crippen LogP contribution < -0.4 is 22.9 Å². The molecule has 0 bridgehead atoms. The summed E-state index contributed by atoms with van der Waals surface area (Å²) >= 11 is 0. The molecule has 0 aliphatic heterocycles. The average molecular weight is 214 g/mol. The van der Waals surface area contributed by atoms with Gasteiger partial charge >= 0.3 is 0 Å². The van der Waals surface area contributed by atoms with Crippen LogP contribution in [0, 0.1) is 0 Å². The maximum absolute atomic E-state index is 5.89. The lowest BCUT2D eigenvalue weighted by Crippen LogP contribution is -1.97. The fourth-order valence-electron chi connectivity index (χ4n) is 1.61. The molecule has 2 aromatic carbocycles. The van der Waals surface area contributed by atoms with Gasteiger partial charge in [0.15, 0.2) is 0 Å². The SMILES string of the molecule is Nc1ccc(N)c(-c2cc(N)ccc2N)c1. The van der Waals surface area contributed by atoms with Crippen molar-refractivity contribution in [3.05, 3.63) is 36.4 Å². The third-order valence-corrected chi connectivity index (χ3v) is 2.44. The quantitative estimate of drug-likeness (QED) is 0.542. The van der Waals surface area contributed by atoms with Crippen LogP contribution in [0.15, 0.2) is 36.4 Å². The van der Waals surface area contributed by atoms with E-state index in [4.69, 9.17) is 22.9 Å². The minimum Gasteiger partial charge on any atom is -0.399 e. The molecule has 0 saturated carbocycles. The smallest absolute Gasteiger partial charge is 0.0396 e. The van der Waals surface area contributed by atoms with Gasteiger partial charge in [-0.2, -0.15) is 0 Å². The molecule has 2 rings (SSSR count). The summed E-state index contributed by atoms with van der Waals surface area (Å²) in [5, 5.41) is 0. The Labute approximate surface area is 93.8 Å². The molecule has 4 heteroatoms. The van der Waals surface area contributed by atoms with E-state index in [1.54, 1.807) is 36.4 Å². The van der Waals surface area contributed by atoms with Gasteiger partial charge in [0.1, 0.15) is 0 Å². The summed E-state index contributed by atoms with van der Waals surface area (Å²) in [7, 11) is 0. The van der Waals surface area contributed by atoms with Gasteiger partial charge < -0.3 is 22.9 Å². The normalized spacial score (nSPS) is 10.2. The van der Waals surface area contributed by atoms with Gasteiger partial charge in [0.05, 0.1) is 0 Å².